The molecule has 122 valence electrons. The van der Waals surface area contributed by atoms with Crippen molar-refractivity contribution in [2.45, 2.75) is 0 Å². The first-order valence-electron chi connectivity index (χ1n) is 7.59. The number of aromatic nitrogens is 4. The van der Waals surface area contributed by atoms with Crippen molar-refractivity contribution in [3.8, 4) is 22.5 Å². The Bertz CT molecular complexity index is 1080. The fourth-order valence-electron chi connectivity index (χ4n) is 2.69. The van der Waals surface area contributed by atoms with Gasteiger partial charge in [-0.15, -0.1) is 0 Å². The highest BCUT2D eigenvalue weighted by Crippen LogP contribution is 2.28. The number of rotatable bonds is 3. The molecule has 0 aliphatic carbocycles. The van der Waals surface area contributed by atoms with Crippen molar-refractivity contribution in [3.63, 3.8) is 0 Å². The van der Waals surface area contributed by atoms with E-state index in [2.05, 4.69) is 19.9 Å². The van der Waals surface area contributed by atoms with Gasteiger partial charge >= 0.3 is 0 Å². The van der Waals surface area contributed by atoms with Crippen LogP contribution < -0.4 is 11.5 Å². The number of pyridine rings is 2. The number of anilines is 1. The summed E-state index contributed by atoms with van der Waals surface area (Å²) in [5, 5.41) is 0. The monoisotopic (exact) mass is 330 g/mol. The molecule has 0 radical (unpaired) electrons. The Morgan fingerprint density at radius 2 is 1.72 bits per heavy atom. The minimum atomic E-state index is -0.455. The average molecular weight is 330 g/mol. The van der Waals surface area contributed by atoms with Crippen LogP contribution in [0.2, 0.25) is 0 Å². The molecule has 0 fully saturated rings. The molecular formula is C18H14N6O. The number of primary amides is 1. The van der Waals surface area contributed by atoms with Gasteiger partial charge in [0.1, 0.15) is 17.2 Å². The lowest BCUT2D eigenvalue weighted by Crippen LogP contribution is -2.10. The second-order valence-corrected chi connectivity index (χ2v) is 5.55. The first kappa shape index (κ1) is 14.8. The summed E-state index contributed by atoms with van der Waals surface area (Å²) in [5.74, 6) is 0.634. The third-order valence-corrected chi connectivity index (χ3v) is 3.92. The van der Waals surface area contributed by atoms with Crippen molar-refractivity contribution in [3.05, 3.63) is 60.4 Å². The van der Waals surface area contributed by atoms with Crippen LogP contribution in [0.5, 0.6) is 0 Å². The number of aromatic amines is 1. The number of hydrogen-bond donors (Lipinski definition) is 3. The second kappa shape index (κ2) is 5.72. The van der Waals surface area contributed by atoms with Gasteiger partial charge in [0.05, 0.1) is 0 Å². The van der Waals surface area contributed by atoms with Crippen molar-refractivity contribution in [2.75, 3.05) is 5.73 Å². The van der Waals surface area contributed by atoms with Gasteiger partial charge in [-0.3, -0.25) is 4.79 Å². The van der Waals surface area contributed by atoms with Gasteiger partial charge in [0.25, 0.3) is 0 Å². The van der Waals surface area contributed by atoms with Gasteiger partial charge in [0, 0.05) is 29.1 Å². The summed E-state index contributed by atoms with van der Waals surface area (Å²) >= 11 is 0. The van der Waals surface area contributed by atoms with Crippen LogP contribution in [0.25, 0.3) is 33.7 Å². The molecule has 5 N–H and O–H groups in total. The number of H-pyrrole nitrogens is 1. The molecule has 0 saturated carbocycles. The van der Waals surface area contributed by atoms with Crippen molar-refractivity contribution < 1.29 is 4.79 Å². The van der Waals surface area contributed by atoms with E-state index in [0.717, 1.165) is 22.2 Å². The molecule has 25 heavy (non-hydrogen) atoms. The lowest BCUT2D eigenvalue weighted by Gasteiger charge is -2.03. The summed E-state index contributed by atoms with van der Waals surface area (Å²) in [5.41, 5.74) is 15.6. The van der Waals surface area contributed by atoms with Crippen LogP contribution in [0.4, 0.5) is 5.82 Å². The van der Waals surface area contributed by atoms with E-state index >= 15 is 0 Å². The molecular weight excluding hydrogens is 316 g/mol. The maximum absolute atomic E-state index is 11.2. The molecule has 0 aliphatic heterocycles. The smallest absolute Gasteiger partial charge is 0.248 e. The van der Waals surface area contributed by atoms with Gasteiger partial charge in [0.15, 0.2) is 5.65 Å². The highest BCUT2D eigenvalue weighted by molar-refractivity contribution is 5.95. The molecule has 3 aromatic heterocycles. The first-order chi connectivity index (χ1) is 12.1. The number of benzene rings is 1. The molecule has 0 unspecified atom stereocenters. The number of carbonyl (C=O) groups is 1. The Balaban J connectivity index is 1.84. The molecule has 0 spiro atoms. The number of hydrogen-bond acceptors (Lipinski definition) is 5. The Hall–Kier alpha value is -3.74. The highest BCUT2D eigenvalue weighted by atomic mass is 16.1. The Kier molecular flexibility index (Phi) is 3.39. The summed E-state index contributed by atoms with van der Waals surface area (Å²) in [4.78, 5) is 27.4. The van der Waals surface area contributed by atoms with E-state index in [1.54, 1.807) is 30.6 Å². The number of nitrogens with zero attached hydrogens (tertiary/aromatic N) is 3. The van der Waals surface area contributed by atoms with Crippen molar-refractivity contribution in [1.29, 1.82) is 0 Å². The quantitative estimate of drug-likeness (QED) is 0.532. The van der Waals surface area contributed by atoms with Crippen molar-refractivity contribution in [2.24, 2.45) is 5.73 Å². The number of amides is 1. The third-order valence-electron chi connectivity index (χ3n) is 3.92. The van der Waals surface area contributed by atoms with E-state index in [1.165, 1.54) is 0 Å². The van der Waals surface area contributed by atoms with Crippen LogP contribution in [0.1, 0.15) is 10.4 Å². The first-order valence-corrected chi connectivity index (χ1v) is 7.59. The number of fused-ring (bicyclic) bond motifs is 1. The van der Waals surface area contributed by atoms with Crippen LogP contribution in [0.3, 0.4) is 0 Å². The van der Waals surface area contributed by atoms with E-state index < -0.39 is 5.91 Å². The molecule has 7 nitrogen and oxygen atoms in total. The van der Waals surface area contributed by atoms with Gasteiger partial charge in [-0.2, -0.15) is 0 Å². The second-order valence-electron chi connectivity index (χ2n) is 5.55. The minimum absolute atomic E-state index is 0.424. The van der Waals surface area contributed by atoms with Crippen LogP contribution in [-0.4, -0.2) is 25.8 Å². The molecule has 1 aromatic carbocycles. The van der Waals surface area contributed by atoms with Crippen LogP contribution >= 0.6 is 0 Å². The van der Waals surface area contributed by atoms with Crippen LogP contribution in [-0.2, 0) is 0 Å². The minimum Gasteiger partial charge on any atom is -0.384 e. The van der Waals surface area contributed by atoms with Gasteiger partial charge in [-0.05, 0) is 35.9 Å². The maximum Gasteiger partial charge on any atom is 0.248 e. The number of carbonyl (C=O) groups excluding carboxylic acids is 1. The lowest BCUT2D eigenvalue weighted by atomic mass is 10.0. The van der Waals surface area contributed by atoms with Crippen LogP contribution in [0, 0.1) is 0 Å². The summed E-state index contributed by atoms with van der Waals surface area (Å²) < 4.78 is 0. The van der Waals surface area contributed by atoms with E-state index in [4.69, 9.17) is 11.5 Å². The van der Waals surface area contributed by atoms with Crippen LogP contribution in [0.15, 0.2) is 54.9 Å². The predicted molar refractivity (Wildman–Crippen MR) is 95.5 cm³/mol. The Labute approximate surface area is 142 Å². The topological polar surface area (TPSA) is 124 Å². The molecule has 7 heteroatoms. The fraction of sp³-hybridized carbons (Fsp3) is 0. The fourth-order valence-corrected chi connectivity index (χ4v) is 2.69. The summed E-state index contributed by atoms with van der Waals surface area (Å²) in [6.45, 7) is 0. The number of nitrogens with two attached hydrogens (primary N) is 2. The van der Waals surface area contributed by atoms with Gasteiger partial charge in [-0.25, -0.2) is 15.0 Å². The summed E-state index contributed by atoms with van der Waals surface area (Å²) in [7, 11) is 0. The SMILES string of the molecule is NC(=O)c1ccc(-c2ccnc3[nH]c(-c4ccnc(N)c4)nc23)cc1. The van der Waals surface area contributed by atoms with E-state index in [1.807, 2.05) is 24.3 Å². The Morgan fingerprint density at radius 3 is 2.44 bits per heavy atom. The summed E-state index contributed by atoms with van der Waals surface area (Å²) in [6.07, 6.45) is 3.34. The predicted octanol–water partition coefficient (Wildman–Crippen LogP) is 2.37. The zero-order chi connectivity index (χ0) is 17.4. The standard InChI is InChI=1S/C18H14N6O/c19-14-9-12(5-7-21-14)17-23-15-13(6-8-22-18(15)24-17)10-1-3-11(4-2-10)16(20)25/h1-9H,(H2,19,21)(H2,20,25)(H,22,23,24). The van der Waals surface area contributed by atoms with Gasteiger partial charge in [-0.1, -0.05) is 12.1 Å². The van der Waals surface area contributed by atoms with Crippen molar-refractivity contribution >= 4 is 22.9 Å². The third kappa shape index (κ3) is 2.67. The largest absolute Gasteiger partial charge is 0.384 e. The molecule has 0 saturated heterocycles. The molecule has 0 aliphatic rings. The van der Waals surface area contributed by atoms with E-state index in [0.29, 0.717) is 22.9 Å². The zero-order valence-electron chi connectivity index (χ0n) is 13.1. The Morgan fingerprint density at radius 1 is 0.960 bits per heavy atom. The van der Waals surface area contributed by atoms with E-state index in [9.17, 15) is 4.79 Å². The number of nitrogens with one attached hydrogen (secondary N) is 1. The van der Waals surface area contributed by atoms with E-state index in [-0.39, 0.29) is 0 Å². The normalized spacial score (nSPS) is 10.9. The van der Waals surface area contributed by atoms with Gasteiger partial charge in [0.2, 0.25) is 5.91 Å². The molecule has 4 rings (SSSR count). The molecule has 0 bridgehead atoms. The molecule has 0 atom stereocenters. The number of imidazole rings is 1. The highest BCUT2D eigenvalue weighted by Gasteiger charge is 2.12. The van der Waals surface area contributed by atoms with Gasteiger partial charge < -0.3 is 16.5 Å². The molecule has 4 aromatic rings. The molecule has 1 amide bonds. The zero-order valence-corrected chi connectivity index (χ0v) is 13.1. The molecule has 3 heterocycles. The van der Waals surface area contributed by atoms with Crippen molar-refractivity contribution in [1.82, 2.24) is 19.9 Å². The number of nitrogen functional groups attached to an aromatic ring is 1. The lowest BCUT2D eigenvalue weighted by molar-refractivity contribution is 0.100. The summed E-state index contributed by atoms with van der Waals surface area (Å²) in [6, 6.07) is 12.5. The average Bonchev–Trinajstić information content (AvgIpc) is 3.06. The maximum atomic E-state index is 11.2.